The van der Waals surface area contributed by atoms with Crippen LogP contribution in [0, 0.1) is 5.92 Å². The van der Waals surface area contributed by atoms with E-state index in [-0.39, 0.29) is 11.1 Å². The molecule has 1 aromatic carbocycles. The van der Waals surface area contributed by atoms with Gasteiger partial charge in [0.2, 0.25) is 5.88 Å². The van der Waals surface area contributed by atoms with Gasteiger partial charge in [-0.05, 0) is 72.3 Å². The van der Waals surface area contributed by atoms with Crippen molar-refractivity contribution >= 4 is 15.9 Å². The Morgan fingerprint density at radius 3 is 2.50 bits per heavy atom. The number of likely N-dealkylation sites (tertiary alicyclic amines) is 1. The van der Waals surface area contributed by atoms with Crippen molar-refractivity contribution in [3.05, 3.63) is 57.2 Å². The van der Waals surface area contributed by atoms with Crippen LogP contribution in [0.3, 0.4) is 0 Å². The summed E-state index contributed by atoms with van der Waals surface area (Å²) in [5, 5.41) is 38.5. The van der Waals surface area contributed by atoms with Crippen LogP contribution in [0.15, 0.2) is 34.9 Å². The molecule has 1 saturated heterocycles. The zero-order chi connectivity index (χ0) is 21.7. The van der Waals surface area contributed by atoms with Gasteiger partial charge in [0.1, 0.15) is 0 Å². The zero-order valence-electron chi connectivity index (χ0n) is 17.0. The lowest BCUT2D eigenvalue weighted by Gasteiger charge is -2.32. The first-order valence-corrected chi connectivity index (χ1v) is 10.9. The summed E-state index contributed by atoms with van der Waals surface area (Å²) in [7, 11) is 1.63. The number of rotatable bonds is 8. The van der Waals surface area contributed by atoms with Crippen LogP contribution in [0.1, 0.15) is 54.1 Å². The van der Waals surface area contributed by atoms with Gasteiger partial charge in [0.25, 0.3) is 0 Å². The minimum absolute atomic E-state index is 0.147. The molecular formula is C22H29BrN2O5. The second-order valence-electron chi connectivity index (χ2n) is 7.75. The van der Waals surface area contributed by atoms with Crippen molar-refractivity contribution < 1.29 is 25.2 Å². The third kappa shape index (κ3) is 5.78. The number of aliphatic hydroxyl groups excluding tert-OH is 2. The second-order valence-corrected chi connectivity index (χ2v) is 8.66. The summed E-state index contributed by atoms with van der Waals surface area (Å²) in [5.41, 5.74) is 2.17. The molecule has 3 rings (SSSR count). The first-order chi connectivity index (χ1) is 14.4. The van der Waals surface area contributed by atoms with Gasteiger partial charge in [0.15, 0.2) is 12.6 Å². The van der Waals surface area contributed by atoms with E-state index in [0.29, 0.717) is 18.2 Å². The minimum Gasteiger partial charge on any atom is -0.481 e. The Kier molecular flexibility index (Phi) is 8.21. The van der Waals surface area contributed by atoms with E-state index in [1.807, 2.05) is 12.1 Å². The highest BCUT2D eigenvalue weighted by Crippen LogP contribution is 2.30. The molecule has 0 aliphatic carbocycles. The molecule has 0 radical (unpaired) electrons. The topological polar surface area (TPSA) is 106 Å². The summed E-state index contributed by atoms with van der Waals surface area (Å²) in [4.78, 5) is 6.71. The Labute approximate surface area is 185 Å². The number of methoxy groups -OCH3 is 1. The highest BCUT2D eigenvalue weighted by atomic mass is 79.9. The first-order valence-electron chi connectivity index (χ1n) is 10.1. The van der Waals surface area contributed by atoms with Crippen LogP contribution in [0.2, 0.25) is 0 Å². The lowest BCUT2D eigenvalue weighted by molar-refractivity contribution is -0.0639. The van der Waals surface area contributed by atoms with Crippen molar-refractivity contribution in [2.75, 3.05) is 20.2 Å². The monoisotopic (exact) mass is 480 g/mol. The average molecular weight is 481 g/mol. The number of halogens is 1. The molecule has 4 N–H and O–H groups in total. The van der Waals surface area contributed by atoms with Crippen LogP contribution < -0.4 is 4.74 Å². The molecule has 7 nitrogen and oxygen atoms in total. The normalized spacial score (nSPS) is 15.9. The number of piperidine rings is 1. The van der Waals surface area contributed by atoms with Gasteiger partial charge in [0, 0.05) is 33.9 Å². The molecule has 2 heterocycles. The van der Waals surface area contributed by atoms with Crippen LogP contribution in [0.5, 0.6) is 5.88 Å². The highest BCUT2D eigenvalue weighted by molar-refractivity contribution is 9.10. The summed E-state index contributed by atoms with van der Waals surface area (Å²) in [6, 6.07) is 7.09. The molecule has 30 heavy (non-hydrogen) atoms. The smallest absolute Gasteiger partial charge is 0.217 e. The maximum atomic E-state index is 9.72. The molecule has 0 spiro atoms. The molecule has 164 valence electrons. The number of nitrogens with zero attached hydrogens (tertiary/aromatic N) is 2. The van der Waals surface area contributed by atoms with E-state index >= 15 is 0 Å². The van der Waals surface area contributed by atoms with Crippen molar-refractivity contribution in [2.45, 2.75) is 44.8 Å². The van der Waals surface area contributed by atoms with Crippen LogP contribution in [-0.4, -0.2) is 50.5 Å². The van der Waals surface area contributed by atoms with Crippen LogP contribution in [-0.2, 0) is 13.0 Å². The molecular weight excluding hydrogens is 452 g/mol. The summed E-state index contributed by atoms with van der Waals surface area (Å²) < 4.78 is 6.31. The lowest BCUT2D eigenvalue weighted by Crippen LogP contribution is -2.33. The SMILES string of the molecule is COc1ncc(Br)cc1CN1CCC(CCc2cccc(C(O)O)c2C(O)O)CC1. The molecule has 1 aromatic heterocycles. The summed E-state index contributed by atoms with van der Waals surface area (Å²) in [6.45, 7) is 2.75. The Morgan fingerprint density at radius 2 is 1.87 bits per heavy atom. The van der Waals surface area contributed by atoms with Gasteiger partial charge in [-0.15, -0.1) is 0 Å². The van der Waals surface area contributed by atoms with Crippen molar-refractivity contribution in [3.63, 3.8) is 0 Å². The molecule has 0 saturated carbocycles. The average Bonchev–Trinajstić information content (AvgIpc) is 2.73. The standard InChI is InChI=1S/C22H29BrN2O5/c1-30-20-16(11-17(23)12-24-20)13-25-9-7-14(8-10-25)5-6-15-3-2-4-18(21(26)27)19(15)22(28)29/h2-4,11-12,14,21-22,26-29H,5-10,13H2,1H3. The van der Waals surface area contributed by atoms with Gasteiger partial charge in [-0.1, -0.05) is 18.2 Å². The lowest BCUT2D eigenvalue weighted by atomic mass is 9.88. The van der Waals surface area contributed by atoms with Crippen LogP contribution in [0.25, 0.3) is 0 Å². The molecule has 8 heteroatoms. The van der Waals surface area contributed by atoms with Gasteiger partial charge in [-0.25, -0.2) is 4.98 Å². The van der Waals surface area contributed by atoms with Gasteiger partial charge in [-0.3, -0.25) is 4.90 Å². The number of hydrogen-bond donors (Lipinski definition) is 4. The Bertz CT molecular complexity index is 838. The van der Waals surface area contributed by atoms with Crippen molar-refractivity contribution in [2.24, 2.45) is 5.92 Å². The van der Waals surface area contributed by atoms with Crippen molar-refractivity contribution in [1.29, 1.82) is 0 Å². The van der Waals surface area contributed by atoms with E-state index in [9.17, 15) is 20.4 Å². The predicted molar refractivity (Wildman–Crippen MR) is 116 cm³/mol. The second kappa shape index (κ2) is 10.7. The largest absolute Gasteiger partial charge is 0.481 e. The van der Waals surface area contributed by atoms with E-state index in [1.54, 1.807) is 19.4 Å². The molecule has 1 aliphatic rings. The zero-order valence-corrected chi connectivity index (χ0v) is 18.6. The van der Waals surface area contributed by atoms with Crippen molar-refractivity contribution in [1.82, 2.24) is 9.88 Å². The van der Waals surface area contributed by atoms with Gasteiger partial charge >= 0.3 is 0 Å². The third-order valence-corrected chi connectivity index (χ3v) is 6.21. The fraction of sp³-hybridized carbons (Fsp3) is 0.500. The number of aliphatic hydroxyl groups is 4. The fourth-order valence-corrected chi connectivity index (χ4v) is 4.57. The maximum absolute atomic E-state index is 9.72. The Morgan fingerprint density at radius 1 is 1.13 bits per heavy atom. The molecule has 0 bridgehead atoms. The summed E-state index contributed by atoms with van der Waals surface area (Å²) >= 11 is 3.47. The van der Waals surface area contributed by atoms with E-state index in [2.05, 4.69) is 25.8 Å². The molecule has 0 unspecified atom stereocenters. The minimum atomic E-state index is -1.73. The highest BCUT2D eigenvalue weighted by Gasteiger charge is 2.23. The van der Waals surface area contributed by atoms with E-state index < -0.39 is 12.6 Å². The molecule has 0 amide bonds. The van der Waals surface area contributed by atoms with Gasteiger partial charge in [-0.2, -0.15) is 0 Å². The number of hydrogen-bond acceptors (Lipinski definition) is 7. The number of benzene rings is 1. The van der Waals surface area contributed by atoms with Crippen molar-refractivity contribution in [3.8, 4) is 5.88 Å². The molecule has 0 atom stereocenters. The fourth-order valence-electron chi connectivity index (χ4n) is 4.19. The number of ether oxygens (including phenoxy) is 1. The quantitative estimate of drug-likeness (QED) is 0.430. The predicted octanol–water partition coefficient (Wildman–Crippen LogP) is 2.66. The van der Waals surface area contributed by atoms with E-state index in [0.717, 1.165) is 54.5 Å². The number of pyridine rings is 1. The van der Waals surface area contributed by atoms with Gasteiger partial charge < -0.3 is 25.2 Å². The third-order valence-electron chi connectivity index (χ3n) is 5.77. The maximum Gasteiger partial charge on any atom is 0.217 e. The Balaban J connectivity index is 1.56. The van der Waals surface area contributed by atoms with E-state index in [1.165, 1.54) is 6.07 Å². The van der Waals surface area contributed by atoms with Crippen LogP contribution in [0.4, 0.5) is 0 Å². The molecule has 2 aromatic rings. The summed E-state index contributed by atoms with van der Waals surface area (Å²) in [6.07, 6.45) is 1.98. The Hall–Kier alpha value is -1.55. The first kappa shape index (κ1) is 23.1. The van der Waals surface area contributed by atoms with E-state index in [4.69, 9.17) is 4.74 Å². The molecule has 1 aliphatic heterocycles. The number of aromatic nitrogens is 1. The summed E-state index contributed by atoms with van der Waals surface area (Å²) in [5.74, 6) is 1.19. The van der Waals surface area contributed by atoms with Gasteiger partial charge in [0.05, 0.1) is 7.11 Å². The molecule has 1 fully saturated rings. The number of aryl methyl sites for hydroxylation is 1. The van der Waals surface area contributed by atoms with Crippen LogP contribution >= 0.6 is 15.9 Å².